The molecule has 2 aromatic heterocycles. The summed E-state index contributed by atoms with van der Waals surface area (Å²) in [7, 11) is -1.40. The molecular weight excluding hydrogens is 260 g/mol. The van der Waals surface area contributed by atoms with Gasteiger partial charge in [-0.2, -0.15) is 0 Å². The molecular formula is C13H8N4OS. The SMILES string of the molecule is C#CS(=O)c1ccc(-c2nc3nccnc3[nH]2)cc1. The van der Waals surface area contributed by atoms with Crippen LogP contribution in [0.5, 0.6) is 0 Å². The van der Waals surface area contributed by atoms with E-state index in [1.807, 2.05) is 12.1 Å². The first kappa shape index (κ1) is 11.6. The smallest absolute Gasteiger partial charge is 0.197 e. The Labute approximate surface area is 111 Å². The van der Waals surface area contributed by atoms with Gasteiger partial charge in [-0.25, -0.2) is 19.2 Å². The Balaban J connectivity index is 2.02. The summed E-state index contributed by atoms with van der Waals surface area (Å²) in [5.41, 5.74) is 2.06. The summed E-state index contributed by atoms with van der Waals surface area (Å²) < 4.78 is 11.4. The number of benzene rings is 1. The van der Waals surface area contributed by atoms with E-state index < -0.39 is 10.8 Å². The minimum atomic E-state index is -1.40. The van der Waals surface area contributed by atoms with Crippen molar-refractivity contribution in [2.45, 2.75) is 4.90 Å². The summed E-state index contributed by atoms with van der Waals surface area (Å²) in [6.45, 7) is 0. The van der Waals surface area contributed by atoms with Crippen molar-refractivity contribution in [2.75, 3.05) is 0 Å². The van der Waals surface area contributed by atoms with Crippen LogP contribution < -0.4 is 0 Å². The molecule has 2 heterocycles. The summed E-state index contributed by atoms with van der Waals surface area (Å²) in [4.78, 5) is 16.2. The van der Waals surface area contributed by atoms with Gasteiger partial charge in [-0.1, -0.05) is 12.1 Å². The lowest BCUT2D eigenvalue weighted by atomic mass is 10.2. The van der Waals surface area contributed by atoms with Gasteiger partial charge in [0.15, 0.2) is 11.3 Å². The van der Waals surface area contributed by atoms with Crippen molar-refractivity contribution < 1.29 is 4.21 Å². The van der Waals surface area contributed by atoms with E-state index in [0.29, 0.717) is 22.0 Å². The van der Waals surface area contributed by atoms with Crippen LogP contribution in [0.3, 0.4) is 0 Å². The van der Waals surface area contributed by atoms with E-state index in [1.54, 1.807) is 24.5 Å². The van der Waals surface area contributed by atoms with Gasteiger partial charge in [-0.3, -0.25) is 0 Å². The Morgan fingerprint density at radius 1 is 1.16 bits per heavy atom. The van der Waals surface area contributed by atoms with Crippen LogP contribution in [-0.4, -0.2) is 24.1 Å². The molecule has 0 bridgehead atoms. The first-order valence-electron chi connectivity index (χ1n) is 5.43. The topological polar surface area (TPSA) is 71.5 Å². The molecule has 3 aromatic rings. The van der Waals surface area contributed by atoms with Crippen molar-refractivity contribution >= 4 is 22.1 Å². The van der Waals surface area contributed by atoms with Crippen molar-refractivity contribution in [3.63, 3.8) is 0 Å². The molecule has 1 atom stereocenters. The van der Waals surface area contributed by atoms with Gasteiger partial charge in [-0.15, -0.1) is 6.42 Å². The molecule has 0 fully saturated rings. The van der Waals surface area contributed by atoms with Gasteiger partial charge in [0.1, 0.15) is 16.6 Å². The molecule has 0 saturated heterocycles. The Morgan fingerprint density at radius 2 is 1.89 bits per heavy atom. The fourth-order valence-corrected chi connectivity index (χ4v) is 2.21. The summed E-state index contributed by atoms with van der Waals surface area (Å²) in [5.74, 6) is 0.666. The van der Waals surface area contributed by atoms with Crippen molar-refractivity contribution in [1.29, 1.82) is 0 Å². The van der Waals surface area contributed by atoms with Gasteiger partial charge in [0.05, 0.1) is 4.90 Å². The fraction of sp³-hybridized carbons (Fsp3) is 0. The van der Waals surface area contributed by atoms with E-state index in [9.17, 15) is 4.21 Å². The number of fused-ring (bicyclic) bond motifs is 1. The molecule has 92 valence electrons. The van der Waals surface area contributed by atoms with Crippen LogP contribution in [0.25, 0.3) is 22.7 Å². The number of hydrogen-bond donors (Lipinski definition) is 1. The van der Waals surface area contributed by atoms with Crippen molar-refractivity contribution in [1.82, 2.24) is 19.9 Å². The van der Waals surface area contributed by atoms with Gasteiger partial charge < -0.3 is 4.98 Å². The summed E-state index contributed by atoms with van der Waals surface area (Å²) in [5, 5.41) is 2.19. The summed E-state index contributed by atoms with van der Waals surface area (Å²) in [6.07, 6.45) is 8.31. The minimum absolute atomic E-state index is 0.564. The molecule has 1 N–H and O–H groups in total. The van der Waals surface area contributed by atoms with E-state index >= 15 is 0 Å². The minimum Gasteiger partial charge on any atom is -0.321 e. The molecule has 0 saturated carbocycles. The molecule has 0 radical (unpaired) electrons. The van der Waals surface area contributed by atoms with Crippen LogP contribution >= 0.6 is 0 Å². The second kappa shape index (κ2) is 4.63. The standard InChI is InChI=1S/C13H8N4OS/c1-2-19(18)10-5-3-9(4-6-10)11-16-12-13(17-11)15-8-7-14-12/h1,3-8H,(H,14,15,16,17). The highest BCUT2D eigenvalue weighted by Crippen LogP contribution is 2.19. The lowest BCUT2D eigenvalue weighted by molar-refractivity contribution is 0.689. The second-order valence-electron chi connectivity index (χ2n) is 3.72. The van der Waals surface area contributed by atoms with Crippen molar-refractivity contribution in [2.24, 2.45) is 0 Å². The second-order valence-corrected chi connectivity index (χ2v) is 4.97. The van der Waals surface area contributed by atoms with E-state index in [2.05, 4.69) is 25.2 Å². The largest absolute Gasteiger partial charge is 0.321 e. The molecule has 0 amide bonds. The molecule has 0 aliphatic heterocycles. The molecule has 1 unspecified atom stereocenters. The van der Waals surface area contributed by atoms with E-state index in [1.165, 1.54) is 0 Å². The normalized spacial score (nSPS) is 12.2. The number of rotatable bonds is 2. The first-order valence-corrected chi connectivity index (χ1v) is 6.58. The maximum atomic E-state index is 11.4. The number of hydrogen-bond acceptors (Lipinski definition) is 4. The fourth-order valence-electron chi connectivity index (χ4n) is 1.69. The molecule has 19 heavy (non-hydrogen) atoms. The lowest BCUT2D eigenvalue weighted by Crippen LogP contribution is -1.87. The Hall–Kier alpha value is -2.52. The average molecular weight is 268 g/mol. The zero-order valence-corrected chi connectivity index (χ0v) is 10.5. The van der Waals surface area contributed by atoms with Gasteiger partial charge in [0, 0.05) is 18.0 Å². The van der Waals surface area contributed by atoms with Crippen LogP contribution in [0.15, 0.2) is 41.6 Å². The zero-order valence-electron chi connectivity index (χ0n) is 9.70. The van der Waals surface area contributed by atoms with Crippen LogP contribution in [0.2, 0.25) is 0 Å². The maximum absolute atomic E-state index is 11.4. The Kier molecular flexibility index (Phi) is 2.82. The Bertz CT molecular complexity index is 768. The molecule has 0 aliphatic rings. The van der Waals surface area contributed by atoms with Gasteiger partial charge in [0.2, 0.25) is 0 Å². The first-order chi connectivity index (χ1) is 9.28. The molecule has 0 spiro atoms. The van der Waals surface area contributed by atoms with Crippen LogP contribution in [0, 0.1) is 11.7 Å². The molecule has 5 nitrogen and oxygen atoms in total. The predicted octanol–water partition coefficient (Wildman–Crippen LogP) is 1.72. The monoisotopic (exact) mass is 268 g/mol. The third kappa shape index (κ3) is 2.11. The van der Waals surface area contributed by atoms with E-state index in [0.717, 1.165) is 5.56 Å². The van der Waals surface area contributed by atoms with Gasteiger partial charge >= 0.3 is 0 Å². The number of nitrogens with zero attached hydrogens (tertiary/aromatic N) is 3. The quantitative estimate of drug-likeness (QED) is 0.718. The van der Waals surface area contributed by atoms with Crippen LogP contribution in [0.4, 0.5) is 0 Å². The van der Waals surface area contributed by atoms with Crippen molar-refractivity contribution in [3.05, 3.63) is 36.7 Å². The van der Waals surface area contributed by atoms with Crippen LogP contribution in [0.1, 0.15) is 0 Å². The molecule has 0 aliphatic carbocycles. The van der Waals surface area contributed by atoms with Gasteiger partial charge in [-0.05, 0) is 17.4 Å². The average Bonchev–Trinajstić information content (AvgIpc) is 2.90. The van der Waals surface area contributed by atoms with Crippen molar-refractivity contribution in [3.8, 4) is 23.1 Å². The third-order valence-electron chi connectivity index (χ3n) is 2.58. The number of imidazole rings is 1. The van der Waals surface area contributed by atoms with Crippen LogP contribution in [-0.2, 0) is 10.8 Å². The highest BCUT2D eigenvalue weighted by molar-refractivity contribution is 7.89. The summed E-state index contributed by atoms with van der Waals surface area (Å²) in [6, 6.07) is 7.06. The van der Waals surface area contributed by atoms with E-state index in [4.69, 9.17) is 6.42 Å². The summed E-state index contributed by atoms with van der Waals surface area (Å²) >= 11 is 0. The number of nitrogens with one attached hydrogen (secondary N) is 1. The maximum Gasteiger partial charge on any atom is 0.197 e. The van der Waals surface area contributed by atoms with E-state index in [-0.39, 0.29) is 0 Å². The number of terminal acetylenes is 1. The Morgan fingerprint density at radius 3 is 2.58 bits per heavy atom. The predicted molar refractivity (Wildman–Crippen MR) is 72.4 cm³/mol. The lowest BCUT2D eigenvalue weighted by Gasteiger charge is -1.98. The number of H-pyrrole nitrogens is 1. The van der Waals surface area contributed by atoms with Gasteiger partial charge in [0.25, 0.3) is 0 Å². The molecule has 1 aromatic carbocycles. The third-order valence-corrected chi connectivity index (χ3v) is 3.50. The molecule has 3 rings (SSSR count). The zero-order chi connectivity index (χ0) is 13.2. The highest BCUT2D eigenvalue weighted by atomic mass is 32.2. The molecule has 6 heteroatoms. The number of aromatic amines is 1. The highest BCUT2D eigenvalue weighted by Gasteiger charge is 2.07. The number of aromatic nitrogens is 4.